The van der Waals surface area contributed by atoms with Crippen molar-refractivity contribution in [2.45, 2.75) is 13.0 Å². The number of ether oxygens (including phenoxy) is 2. The second kappa shape index (κ2) is 10.6. The van der Waals surface area contributed by atoms with Gasteiger partial charge in [-0.15, -0.1) is 0 Å². The van der Waals surface area contributed by atoms with E-state index in [1.165, 1.54) is 0 Å². The monoisotopic (exact) mass is 430 g/mol. The van der Waals surface area contributed by atoms with Crippen molar-refractivity contribution in [1.82, 2.24) is 9.80 Å². The Bertz CT molecular complexity index is 872. The minimum Gasteiger partial charge on any atom is -0.383 e. The molecule has 0 N–H and O–H groups in total. The van der Waals surface area contributed by atoms with Gasteiger partial charge in [-0.25, -0.2) is 0 Å². The van der Waals surface area contributed by atoms with Crippen LogP contribution in [0.3, 0.4) is 0 Å². The number of halogens is 1. The summed E-state index contributed by atoms with van der Waals surface area (Å²) in [4.78, 5) is 29.4. The molecule has 0 aromatic heterocycles. The molecule has 0 bridgehead atoms. The first-order chi connectivity index (χ1) is 14.5. The lowest BCUT2D eigenvalue weighted by molar-refractivity contribution is -0.0346. The minimum absolute atomic E-state index is 0.0785. The van der Waals surface area contributed by atoms with Crippen LogP contribution < -0.4 is 0 Å². The topological polar surface area (TPSA) is 59.1 Å². The predicted molar refractivity (Wildman–Crippen MR) is 116 cm³/mol. The minimum atomic E-state index is -0.281. The molecule has 0 spiro atoms. The average molecular weight is 431 g/mol. The Morgan fingerprint density at radius 2 is 1.93 bits per heavy atom. The molecule has 1 saturated heterocycles. The van der Waals surface area contributed by atoms with Crippen LogP contribution in [0.15, 0.2) is 48.5 Å². The number of methoxy groups -OCH3 is 1. The Morgan fingerprint density at radius 1 is 1.20 bits per heavy atom. The van der Waals surface area contributed by atoms with Crippen molar-refractivity contribution in [2.75, 3.05) is 46.5 Å². The third kappa shape index (κ3) is 5.59. The molecular formula is C23H27ClN2O4. The number of hydrogen-bond donors (Lipinski definition) is 0. The maximum Gasteiger partial charge on any atom is 0.255 e. The molecule has 0 saturated carbocycles. The normalized spacial score (nSPS) is 16.4. The maximum atomic E-state index is 13.0. The third-order valence-corrected chi connectivity index (χ3v) is 5.43. The second-order valence-electron chi connectivity index (χ2n) is 7.33. The van der Waals surface area contributed by atoms with Crippen molar-refractivity contribution in [3.63, 3.8) is 0 Å². The van der Waals surface area contributed by atoms with Gasteiger partial charge in [0.25, 0.3) is 11.8 Å². The van der Waals surface area contributed by atoms with Gasteiger partial charge < -0.3 is 19.3 Å². The summed E-state index contributed by atoms with van der Waals surface area (Å²) in [5.74, 6) is -0.201. The lowest BCUT2D eigenvalue weighted by Crippen LogP contribution is -2.51. The number of carbonyl (C=O) groups is 2. The lowest BCUT2D eigenvalue weighted by atomic mass is 10.1. The summed E-state index contributed by atoms with van der Waals surface area (Å²) >= 11 is 6.19. The van der Waals surface area contributed by atoms with Gasteiger partial charge in [-0.1, -0.05) is 41.4 Å². The van der Waals surface area contributed by atoms with Crippen LogP contribution in [0.25, 0.3) is 0 Å². The van der Waals surface area contributed by atoms with Gasteiger partial charge in [-0.05, 0) is 31.2 Å². The Labute approximate surface area is 182 Å². The van der Waals surface area contributed by atoms with E-state index in [1.807, 2.05) is 31.2 Å². The molecule has 1 aliphatic rings. The van der Waals surface area contributed by atoms with Gasteiger partial charge in [0.1, 0.15) is 0 Å². The summed E-state index contributed by atoms with van der Waals surface area (Å²) in [6.07, 6.45) is -0.281. The van der Waals surface area contributed by atoms with Gasteiger partial charge in [0.15, 0.2) is 0 Å². The van der Waals surface area contributed by atoms with E-state index in [9.17, 15) is 9.59 Å². The molecule has 2 amide bonds. The molecule has 7 heteroatoms. The molecule has 1 unspecified atom stereocenters. The number of aryl methyl sites for hydroxylation is 1. The molecule has 0 aliphatic carbocycles. The Hall–Kier alpha value is -2.41. The van der Waals surface area contributed by atoms with E-state index in [1.54, 1.807) is 41.2 Å². The summed E-state index contributed by atoms with van der Waals surface area (Å²) < 4.78 is 11.1. The lowest BCUT2D eigenvalue weighted by Gasteiger charge is -2.36. The molecular weight excluding hydrogens is 404 g/mol. The molecule has 160 valence electrons. The first-order valence-electron chi connectivity index (χ1n) is 10.00. The van der Waals surface area contributed by atoms with Crippen LogP contribution in [0.1, 0.15) is 26.3 Å². The zero-order valence-electron chi connectivity index (χ0n) is 17.3. The largest absolute Gasteiger partial charge is 0.383 e. The Morgan fingerprint density at radius 3 is 2.63 bits per heavy atom. The summed E-state index contributed by atoms with van der Waals surface area (Å²) in [6, 6.07) is 14.5. The molecule has 30 heavy (non-hydrogen) atoms. The number of carbonyl (C=O) groups excluding carboxylic acids is 2. The van der Waals surface area contributed by atoms with E-state index < -0.39 is 0 Å². The van der Waals surface area contributed by atoms with Gasteiger partial charge in [0.2, 0.25) is 0 Å². The highest BCUT2D eigenvalue weighted by atomic mass is 35.5. The van der Waals surface area contributed by atoms with E-state index in [2.05, 4.69) is 0 Å². The van der Waals surface area contributed by atoms with E-state index >= 15 is 0 Å². The van der Waals surface area contributed by atoms with Crippen molar-refractivity contribution in [1.29, 1.82) is 0 Å². The SMILES string of the molecule is COCCN(CC1CN(C(=O)c2ccccc2Cl)CCO1)C(=O)c1ccc(C)cc1. The third-order valence-electron chi connectivity index (χ3n) is 5.11. The highest BCUT2D eigenvalue weighted by Crippen LogP contribution is 2.19. The maximum absolute atomic E-state index is 13.0. The van der Waals surface area contributed by atoms with E-state index in [4.69, 9.17) is 21.1 Å². The van der Waals surface area contributed by atoms with Crippen LogP contribution in [0.2, 0.25) is 5.02 Å². The molecule has 1 heterocycles. The summed E-state index contributed by atoms with van der Waals surface area (Å²) in [5, 5.41) is 0.432. The fourth-order valence-corrected chi connectivity index (χ4v) is 3.64. The number of rotatable bonds is 7. The van der Waals surface area contributed by atoms with Crippen LogP contribution in [0, 0.1) is 6.92 Å². The number of amides is 2. The number of benzene rings is 2. The van der Waals surface area contributed by atoms with Crippen molar-refractivity contribution in [2.24, 2.45) is 0 Å². The average Bonchev–Trinajstić information content (AvgIpc) is 2.77. The molecule has 3 rings (SSSR count). The number of nitrogens with zero attached hydrogens (tertiary/aromatic N) is 2. The molecule has 6 nitrogen and oxygen atoms in total. The van der Waals surface area contributed by atoms with Gasteiger partial charge in [0, 0.05) is 38.9 Å². The Kier molecular flexibility index (Phi) is 7.85. The zero-order chi connectivity index (χ0) is 21.5. The van der Waals surface area contributed by atoms with Gasteiger partial charge in [0.05, 0.1) is 29.9 Å². The van der Waals surface area contributed by atoms with Gasteiger partial charge in [-0.3, -0.25) is 9.59 Å². The molecule has 1 atom stereocenters. The quantitative estimate of drug-likeness (QED) is 0.676. The smallest absolute Gasteiger partial charge is 0.255 e. The van der Waals surface area contributed by atoms with Crippen LogP contribution in [-0.2, 0) is 9.47 Å². The van der Waals surface area contributed by atoms with Crippen molar-refractivity contribution in [3.8, 4) is 0 Å². The Balaban J connectivity index is 1.69. The molecule has 0 radical (unpaired) electrons. The van der Waals surface area contributed by atoms with Crippen LogP contribution in [-0.4, -0.2) is 74.2 Å². The van der Waals surface area contributed by atoms with Crippen LogP contribution in [0.4, 0.5) is 0 Å². The van der Waals surface area contributed by atoms with Crippen molar-refractivity contribution < 1.29 is 19.1 Å². The summed E-state index contributed by atoms with van der Waals surface area (Å²) in [5.41, 5.74) is 2.20. The predicted octanol–water partition coefficient (Wildman–Crippen LogP) is 3.28. The summed E-state index contributed by atoms with van der Waals surface area (Å²) in [7, 11) is 1.61. The fourth-order valence-electron chi connectivity index (χ4n) is 3.42. The highest BCUT2D eigenvalue weighted by molar-refractivity contribution is 6.33. The molecule has 2 aromatic rings. The highest BCUT2D eigenvalue weighted by Gasteiger charge is 2.29. The van der Waals surface area contributed by atoms with E-state index in [0.717, 1.165) is 5.56 Å². The number of hydrogen-bond acceptors (Lipinski definition) is 4. The standard InChI is InChI=1S/C23H27ClN2O4/c1-17-7-9-18(10-8-17)22(27)25(11-13-29-2)15-19-16-26(12-14-30-19)23(28)20-5-3-4-6-21(20)24/h3-10,19H,11-16H2,1-2H3. The molecule has 2 aromatic carbocycles. The second-order valence-corrected chi connectivity index (χ2v) is 7.74. The van der Waals surface area contributed by atoms with Gasteiger partial charge in [-0.2, -0.15) is 0 Å². The zero-order valence-corrected chi connectivity index (χ0v) is 18.1. The number of morpholine rings is 1. The molecule has 1 fully saturated rings. The van der Waals surface area contributed by atoms with Crippen LogP contribution >= 0.6 is 11.6 Å². The van der Waals surface area contributed by atoms with Crippen molar-refractivity contribution in [3.05, 3.63) is 70.2 Å². The first-order valence-corrected chi connectivity index (χ1v) is 10.4. The molecule has 1 aliphatic heterocycles. The van der Waals surface area contributed by atoms with Crippen molar-refractivity contribution >= 4 is 23.4 Å². The van der Waals surface area contributed by atoms with Crippen LogP contribution in [0.5, 0.6) is 0 Å². The fraction of sp³-hybridized carbons (Fsp3) is 0.391. The first kappa shape index (κ1) is 22.3. The van der Waals surface area contributed by atoms with E-state index in [0.29, 0.717) is 55.5 Å². The summed E-state index contributed by atoms with van der Waals surface area (Å²) in [6.45, 7) is 4.53. The van der Waals surface area contributed by atoms with Gasteiger partial charge >= 0.3 is 0 Å². The van der Waals surface area contributed by atoms with E-state index in [-0.39, 0.29) is 17.9 Å².